The predicted molar refractivity (Wildman–Crippen MR) is 73.8 cm³/mol. The highest BCUT2D eigenvalue weighted by Crippen LogP contribution is 2.11. The lowest BCUT2D eigenvalue weighted by Gasteiger charge is -2.06. The largest absolute Gasteiger partial charge is 0.328 e. The molecule has 0 radical (unpaired) electrons. The minimum atomic E-state index is -0.550. The van der Waals surface area contributed by atoms with Crippen LogP contribution in [0.3, 0.4) is 0 Å². The number of H-pyrrole nitrogens is 1. The lowest BCUT2D eigenvalue weighted by Crippen LogP contribution is -2.29. The van der Waals surface area contributed by atoms with Gasteiger partial charge in [-0.25, -0.2) is 9.78 Å². The topological polar surface area (TPSA) is 96.9 Å². The molecule has 1 amide bonds. The highest BCUT2D eigenvalue weighted by molar-refractivity contribution is 6.30. The first-order valence-electron chi connectivity index (χ1n) is 5.76. The third-order valence-corrected chi connectivity index (χ3v) is 2.70. The van der Waals surface area contributed by atoms with Crippen LogP contribution in [0.15, 0.2) is 40.2 Å². The number of aromatic nitrogens is 3. The quantitative estimate of drug-likeness (QED) is 0.863. The normalized spacial score (nSPS) is 10.2. The Kier molecular flexibility index (Phi) is 4.31. The number of pyridine rings is 1. The molecule has 2 aromatic heterocycles. The summed E-state index contributed by atoms with van der Waals surface area (Å²) in [5.74, 6) is 0.0363. The van der Waals surface area contributed by atoms with Crippen LogP contribution in [0.5, 0.6) is 0 Å². The Hall–Kier alpha value is -2.41. The third-order valence-electron chi connectivity index (χ3n) is 2.47. The molecule has 104 valence electrons. The number of aryl methyl sites for hydroxylation is 1. The highest BCUT2D eigenvalue weighted by Gasteiger charge is 2.05. The molecular formula is C12H11ClN4O3. The number of aromatic amines is 1. The molecule has 0 aromatic carbocycles. The maximum atomic E-state index is 11.7. The molecule has 2 rings (SSSR count). The summed E-state index contributed by atoms with van der Waals surface area (Å²) >= 11 is 5.77. The van der Waals surface area contributed by atoms with E-state index in [2.05, 4.69) is 15.3 Å². The average Bonchev–Trinajstić information content (AvgIpc) is 2.37. The fourth-order valence-corrected chi connectivity index (χ4v) is 1.68. The van der Waals surface area contributed by atoms with E-state index < -0.39 is 11.2 Å². The number of carbonyl (C=O) groups excluding carboxylic acids is 1. The standard InChI is InChI=1S/C12H11ClN4O3/c13-8-1-4-14-9(7-8)15-10(18)2-5-17-6-3-11(19)16-12(17)20/h1,3-4,6-7H,2,5H2,(H,14,15,18)(H,16,19,20). The number of rotatable bonds is 4. The van der Waals surface area contributed by atoms with E-state index in [1.54, 1.807) is 6.07 Å². The van der Waals surface area contributed by atoms with Gasteiger partial charge >= 0.3 is 5.69 Å². The van der Waals surface area contributed by atoms with Crippen molar-refractivity contribution in [1.29, 1.82) is 0 Å². The SMILES string of the molecule is O=C(CCn1ccc(=O)[nH]c1=O)Nc1cc(Cl)ccn1. The molecule has 0 bridgehead atoms. The monoisotopic (exact) mass is 294 g/mol. The minimum absolute atomic E-state index is 0.0696. The van der Waals surface area contributed by atoms with Crippen molar-refractivity contribution in [1.82, 2.24) is 14.5 Å². The van der Waals surface area contributed by atoms with E-state index in [4.69, 9.17) is 11.6 Å². The number of amides is 1. The van der Waals surface area contributed by atoms with Crippen LogP contribution in [-0.2, 0) is 11.3 Å². The Bertz CT molecular complexity index is 738. The number of halogens is 1. The van der Waals surface area contributed by atoms with Gasteiger partial charge in [0.2, 0.25) is 5.91 Å². The lowest BCUT2D eigenvalue weighted by molar-refractivity contribution is -0.116. The number of hydrogen-bond acceptors (Lipinski definition) is 4. The van der Waals surface area contributed by atoms with E-state index in [9.17, 15) is 14.4 Å². The molecule has 0 aliphatic rings. The van der Waals surface area contributed by atoms with Crippen LogP contribution in [0.25, 0.3) is 0 Å². The molecule has 20 heavy (non-hydrogen) atoms. The van der Waals surface area contributed by atoms with Crippen LogP contribution >= 0.6 is 11.6 Å². The maximum absolute atomic E-state index is 11.7. The fourth-order valence-electron chi connectivity index (χ4n) is 1.52. The second-order valence-electron chi connectivity index (χ2n) is 3.96. The molecule has 7 nitrogen and oxygen atoms in total. The summed E-state index contributed by atoms with van der Waals surface area (Å²) in [6.07, 6.45) is 2.89. The maximum Gasteiger partial charge on any atom is 0.328 e. The van der Waals surface area contributed by atoms with E-state index in [1.807, 2.05) is 0 Å². The van der Waals surface area contributed by atoms with Crippen LogP contribution in [-0.4, -0.2) is 20.4 Å². The Labute approximate surface area is 118 Å². The van der Waals surface area contributed by atoms with Crippen LogP contribution in [0.2, 0.25) is 5.02 Å². The van der Waals surface area contributed by atoms with Gasteiger partial charge in [-0.1, -0.05) is 11.6 Å². The van der Waals surface area contributed by atoms with Crippen LogP contribution in [0.1, 0.15) is 6.42 Å². The predicted octanol–water partition coefficient (Wildman–Crippen LogP) is 0.614. The second-order valence-corrected chi connectivity index (χ2v) is 4.40. The smallest absolute Gasteiger partial charge is 0.311 e. The van der Waals surface area contributed by atoms with Gasteiger partial charge in [-0.2, -0.15) is 0 Å². The second kappa shape index (κ2) is 6.16. The molecule has 0 unspecified atom stereocenters. The van der Waals surface area contributed by atoms with Crippen molar-refractivity contribution >= 4 is 23.3 Å². The van der Waals surface area contributed by atoms with Gasteiger partial charge < -0.3 is 9.88 Å². The molecule has 2 heterocycles. The van der Waals surface area contributed by atoms with Gasteiger partial charge in [-0.05, 0) is 12.1 Å². The van der Waals surface area contributed by atoms with Crippen molar-refractivity contribution in [3.8, 4) is 0 Å². The molecule has 2 aromatic rings. The Morgan fingerprint density at radius 2 is 2.20 bits per heavy atom. The lowest BCUT2D eigenvalue weighted by atomic mass is 10.3. The van der Waals surface area contributed by atoms with Gasteiger partial charge in [0, 0.05) is 36.4 Å². The van der Waals surface area contributed by atoms with Crippen molar-refractivity contribution in [2.75, 3.05) is 5.32 Å². The molecule has 0 saturated heterocycles. The van der Waals surface area contributed by atoms with Gasteiger partial charge in [-0.15, -0.1) is 0 Å². The molecule has 0 aliphatic heterocycles. The number of nitrogens with one attached hydrogen (secondary N) is 2. The van der Waals surface area contributed by atoms with Gasteiger partial charge in [0.15, 0.2) is 0 Å². The summed E-state index contributed by atoms with van der Waals surface area (Å²) in [4.78, 5) is 40.0. The fraction of sp³-hybridized carbons (Fsp3) is 0.167. The summed E-state index contributed by atoms with van der Waals surface area (Å²) < 4.78 is 1.24. The number of nitrogens with zero attached hydrogens (tertiary/aromatic N) is 2. The molecular weight excluding hydrogens is 284 g/mol. The molecule has 0 spiro atoms. The molecule has 0 aliphatic carbocycles. The minimum Gasteiger partial charge on any atom is -0.311 e. The van der Waals surface area contributed by atoms with E-state index in [0.29, 0.717) is 10.8 Å². The molecule has 0 saturated carbocycles. The van der Waals surface area contributed by atoms with E-state index in [1.165, 1.54) is 29.1 Å². The van der Waals surface area contributed by atoms with Crippen LogP contribution in [0.4, 0.5) is 5.82 Å². The Morgan fingerprint density at radius 1 is 1.40 bits per heavy atom. The van der Waals surface area contributed by atoms with E-state index in [0.717, 1.165) is 0 Å². The zero-order chi connectivity index (χ0) is 14.5. The average molecular weight is 295 g/mol. The van der Waals surface area contributed by atoms with Crippen LogP contribution < -0.4 is 16.6 Å². The zero-order valence-electron chi connectivity index (χ0n) is 10.3. The first-order chi connectivity index (χ1) is 9.54. The Balaban J connectivity index is 1.95. The van der Waals surface area contributed by atoms with Gasteiger partial charge in [0.25, 0.3) is 5.56 Å². The summed E-state index contributed by atoms with van der Waals surface area (Å²) in [5, 5.41) is 3.03. The van der Waals surface area contributed by atoms with E-state index >= 15 is 0 Å². The molecule has 2 N–H and O–H groups in total. The van der Waals surface area contributed by atoms with Gasteiger partial charge in [0.1, 0.15) is 5.82 Å². The molecule has 0 atom stereocenters. The van der Waals surface area contributed by atoms with Crippen LogP contribution in [0, 0.1) is 0 Å². The number of anilines is 1. The van der Waals surface area contributed by atoms with Crippen molar-refractivity contribution in [3.05, 3.63) is 56.5 Å². The number of carbonyl (C=O) groups is 1. The van der Waals surface area contributed by atoms with Gasteiger partial charge in [-0.3, -0.25) is 14.6 Å². The molecule has 0 fully saturated rings. The van der Waals surface area contributed by atoms with Crippen molar-refractivity contribution in [2.24, 2.45) is 0 Å². The van der Waals surface area contributed by atoms with Crippen molar-refractivity contribution < 1.29 is 4.79 Å². The van der Waals surface area contributed by atoms with E-state index in [-0.39, 0.29) is 18.9 Å². The van der Waals surface area contributed by atoms with Gasteiger partial charge in [0.05, 0.1) is 0 Å². The summed E-state index contributed by atoms with van der Waals surface area (Å²) in [6, 6.07) is 4.33. The summed E-state index contributed by atoms with van der Waals surface area (Å²) in [6.45, 7) is 0.155. The highest BCUT2D eigenvalue weighted by atomic mass is 35.5. The number of hydrogen-bond donors (Lipinski definition) is 2. The molecule has 8 heteroatoms. The zero-order valence-corrected chi connectivity index (χ0v) is 11.1. The summed E-state index contributed by atoms with van der Waals surface area (Å²) in [5.41, 5.74) is -1.02. The summed E-state index contributed by atoms with van der Waals surface area (Å²) in [7, 11) is 0. The third kappa shape index (κ3) is 3.79. The van der Waals surface area contributed by atoms with Crippen molar-refractivity contribution in [3.63, 3.8) is 0 Å². The first-order valence-corrected chi connectivity index (χ1v) is 6.13. The Morgan fingerprint density at radius 3 is 2.90 bits per heavy atom. The van der Waals surface area contributed by atoms with Crippen molar-refractivity contribution in [2.45, 2.75) is 13.0 Å². The first kappa shape index (κ1) is 14.0.